The van der Waals surface area contributed by atoms with Gasteiger partial charge < -0.3 is 9.80 Å². The number of carbonyl (C=O) groups is 2. The number of fused-ring (bicyclic) bond motifs is 1. The number of benzene rings is 1. The van der Waals surface area contributed by atoms with Crippen molar-refractivity contribution in [2.45, 2.75) is 39.0 Å². The lowest BCUT2D eigenvalue weighted by atomic mass is 9.84. The van der Waals surface area contributed by atoms with Crippen molar-refractivity contribution in [1.82, 2.24) is 0 Å². The van der Waals surface area contributed by atoms with Crippen LogP contribution in [0.2, 0.25) is 0 Å². The molecule has 1 aromatic carbocycles. The number of nitrogens with zero attached hydrogens (tertiary/aromatic N) is 2. The van der Waals surface area contributed by atoms with E-state index < -0.39 is 0 Å². The van der Waals surface area contributed by atoms with E-state index in [9.17, 15) is 9.59 Å². The number of hydrogen-bond donors (Lipinski definition) is 0. The van der Waals surface area contributed by atoms with Crippen LogP contribution in [0.5, 0.6) is 0 Å². The van der Waals surface area contributed by atoms with Gasteiger partial charge in [-0.3, -0.25) is 9.59 Å². The van der Waals surface area contributed by atoms with Gasteiger partial charge in [0.1, 0.15) is 6.54 Å². The fraction of sp³-hybridized carbons (Fsp3) is 0.529. The third-order valence-corrected chi connectivity index (χ3v) is 4.89. The van der Waals surface area contributed by atoms with Gasteiger partial charge >= 0.3 is 0 Å². The van der Waals surface area contributed by atoms with Crippen molar-refractivity contribution in [3.05, 3.63) is 24.3 Å². The first-order chi connectivity index (χ1) is 10.0. The van der Waals surface area contributed by atoms with Crippen molar-refractivity contribution in [2.75, 3.05) is 23.4 Å². The Hall–Kier alpha value is -1.84. The molecule has 1 aliphatic carbocycles. The summed E-state index contributed by atoms with van der Waals surface area (Å²) in [4.78, 5) is 28.2. The molecule has 2 aliphatic rings. The molecule has 1 saturated carbocycles. The number of carbonyl (C=O) groups excluding carboxylic acids is 2. The fourth-order valence-corrected chi connectivity index (χ4v) is 3.53. The van der Waals surface area contributed by atoms with Gasteiger partial charge in [-0.05, 0) is 30.4 Å². The largest absolute Gasteiger partial charge is 0.312 e. The SMILES string of the molecule is CN1C(=O)CN(C(=O)CC2(C)CCCC2)c2ccccc21. The fourth-order valence-electron chi connectivity index (χ4n) is 3.53. The van der Waals surface area contributed by atoms with E-state index in [0.29, 0.717) is 6.42 Å². The number of hydrogen-bond acceptors (Lipinski definition) is 2. The zero-order valence-electron chi connectivity index (χ0n) is 12.8. The molecule has 1 aromatic rings. The Balaban J connectivity index is 1.86. The predicted molar refractivity (Wildman–Crippen MR) is 83.4 cm³/mol. The molecule has 4 heteroatoms. The van der Waals surface area contributed by atoms with E-state index in [1.165, 1.54) is 12.8 Å². The van der Waals surface area contributed by atoms with Crippen molar-refractivity contribution in [3.63, 3.8) is 0 Å². The normalized spacial score (nSPS) is 20.6. The monoisotopic (exact) mass is 286 g/mol. The zero-order chi connectivity index (χ0) is 15.0. The van der Waals surface area contributed by atoms with Crippen LogP contribution in [0.25, 0.3) is 0 Å². The molecule has 0 radical (unpaired) electrons. The predicted octanol–water partition coefficient (Wildman–Crippen LogP) is 2.97. The van der Waals surface area contributed by atoms with Crippen LogP contribution >= 0.6 is 0 Å². The van der Waals surface area contributed by atoms with Gasteiger partial charge in [0.25, 0.3) is 0 Å². The summed E-state index contributed by atoms with van der Waals surface area (Å²) < 4.78 is 0. The maximum atomic E-state index is 12.7. The number of para-hydroxylation sites is 2. The molecular weight excluding hydrogens is 264 g/mol. The van der Waals surface area contributed by atoms with Crippen LogP contribution in [0.3, 0.4) is 0 Å². The van der Waals surface area contributed by atoms with E-state index in [0.717, 1.165) is 24.2 Å². The summed E-state index contributed by atoms with van der Waals surface area (Å²) in [5.74, 6) is 0.0481. The molecular formula is C17H22N2O2. The Kier molecular flexibility index (Phi) is 3.47. The molecule has 0 saturated heterocycles. The summed E-state index contributed by atoms with van der Waals surface area (Å²) in [6.45, 7) is 2.35. The van der Waals surface area contributed by atoms with Crippen molar-refractivity contribution in [3.8, 4) is 0 Å². The molecule has 0 atom stereocenters. The quantitative estimate of drug-likeness (QED) is 0.838. The van der Waals surface area contributed by atoms with E-state index >= 15 is 0 Å². The molecule has 0 spiro atoms. The van der Waals surface area contributed by atoms with Gasteiger partial charge in [0.2, 0.25) is 11.8 Å². The maximum absolute atomic E-state index is 12.7. The molecule has 3 rings (SSSR count). The van der Waals surface area contributed by atoms with Gasteiger partial charge in [-0.1, -0.05) is 31.9 Å². The molecule has 112 valence electrons. The highest BCUT2D eigenvalue weighted by molar-refractivity contribution is 6.10. The van der Waals surface area contributed by atoms with Gasteiger partial charge in [0.05, 0.1) is 11.4 Å². The highest BCUT2D eigenvalue weighted by atomic mass is 16.2. The van der Waals surface area contributed by atoms with E-state index in [-0.39, 0.29) is 23.8 Å². The van der Waals surface area contributed by atoms with Crippen molar-refractivity contribution >= 4 is 23.2 Å². The summed E-state index contributed by atoms with van der Waals surface area (Å²) in [6, 6.07) is 7.63. The van der Waals surface area contributed by atoms with Gasteiger partial charge in [-0.15, -0.1) is 0 Å². The lowest BCUT2D eigenvalue weighted by Crippen LogP contribution is -2.47. The summed E-state index contributed by atoms with van der Waals surface area (Å²) >= 11 is 0. The smallest absolute Gasteiger partial charge is 0.246 e. The van der Waals surface area contributed by atoms with Crippen LogP contribution in [-0.4, -0.2) is 25.4 Å². The molecule has 4 nitrogen and oxygen atoms in total. The Morgan fingerprint density at radius 2 is 1.81 bits per heavy atom. The highest BCUT2D eigenvalue weighted by Crippen LogP contribution is 2.42. The Morgan fingerprint density at radius 3 is 2.48 bits per heavy atom. The van der Waals surface area contributed by atoms with Gasteiger partial charge in [0.15, 0.2) is 0 Å². The summed E-state index contributed by atoms with van der Waals surface area (Å²) in [5, 5.41) is 0. The minimum absolute atomic E-state index is 0.0291. The Labute approximate surface area is 125 Å². The molecule has 2 amide bonds. The third kappa shape index (κ3) is 2.55. The van der Waals surface area contributed by atoms with Crippen LogP contribution in [-0.2, 0) is 9.59 Å². The number of anilines is 2. The van der Waals surface area contributed by atoms with Crippen LogP contribution < -0.4 is 9.80 Å². The molecule has 1 heterocycles. The van der Waals surface area contributed by atoms with E-state index in [1.54, 1.807) is 16.8 Å². The average molecular weight is 286 g/mol. The number of amides is 2. The van der Waals surface area contributed by atoms with Crippen molar-refractivity contribution < 1.29 is 9.59 Å². The van der Waals surface area contributed by atoms with E-state index in [4.69, 9.17) is 0 Å². The minimum atomic E-state index is -0.0291. The summed E-state index contributed by atoms with van der Waals surface area (Å²) in [5.41, 5.74) is 1.78. The van der Waals surface area contributed by atoms with Gasteiger partial charge in [-0.25, -0.2) is 0 Å². The first kappa shape index (κ1) is 14.1. The first-order valence-electron chi connectivity index (χ1n) is 7.66. The maximum Gasteiger partial charge on any atom is 0.246 e. The van der Waals surface area contributed by atoms with Crippen LogP contribution in [0.1, 0.15) is 39.0 Å². The van der Waals surface area contributed by atoms with Crippen molar-refractivity contribution in [2.24, 2.45) is 5.41 Å². The van der Waals surface area contributed by atoms with Crippen LogP contribution in [0.15, 0.2) is 24.3 Å². The molecule has 0 N–H and O–H groups in total. The Morgan fingerprint density at radius 1 is 1.19 bits per heavy atom. The van der Waals surface area contributed by atoms with E-state index in [2.05, 4.69) is 6.92 Å². The second-order valence-corrected chi connectivity index (χ2v) is 6.62. The van der Waals surface area contributed by atoms with E-state index in [1.807, 2.05) is 24.3 Å². The molecule has 0 bridgehead atoms. The molecule has 0 aromatic heterocycles. The lowest BCUT2D eigenvalue weighted by Gasteiger charge is -2.35. The standard InChI is InChI=1S/C17H22N2O2/c1-17(9-5-6-10-17)11-15(20)19-12-16(21)18(2)13-7-3-4-8-14(13)19/h3-4,7-8H,5-6,9-12H2,1-2H3. The second kappa shape index (κ2) is 5.17. The summed E-state index contributed by atoms with van der Waals surface area (Å²) in [6.07, 6.45) is 5.19. The van der Waals surface area contributed by atoms with Crippen LogP contribution in [0.4, 0.5) is 11.4 Å². The Bertz CT molecular complexity index is 576. The zero-order valence-corrected chi connectivity index (χ0v) is 12.8. The van der Waals surface area contributed by atoms with Crippen LogP contribution in [0, 0.1) is 5.41 Å². The average Bonchev–Trinajstić information content (AvgIpc) is 2.89. The molecule has 1 aliphatic heterocycles. The minimum Gasteiger partial charge on any atom is -0.312 e. The van der Waals surface area contributed by atoms with Gasteiger partial charge in [0, 0.05) is 13.5 Å². The molecule has 21 heavy (non-hydrogen) atoms. The number of likely N-dealkylation sites (N-methyl/N-ethyl adjacent to an activating group) is 1. The van der Waals surface area contributed by atoms with Crippen molar-refractivity contribution in [1.29, 1.82) is 0 Å². The topological polar surface area (TPSA) is 40.6 Å². The number of rotatable bonds is 2. The third-order valence-electron chi connectivity index (χ3n) is 4.89. The molecule has 1 fully saturated rings. The van der Waals surface area contributed by atoms with Gasteiger partial charge in [-0.2, -0.15) is 0 Å². The first-order valence-corrected chi connectivity index (χ1v) is 7.66. The lowest BCUT2D eigenvalue weighted by molar-refractivity contribution is -0.124. The molecule has 0 unspecified atom stereocenters. The summed E-state index contributed by atoms with van der Waals surface area (Å²) in [7, 11) is 1.77. The highest BCUT2D eigenvalue weighted by Gasteiger charge is 2.36. The second-order valence-electron chi connectivity index (χ2n) is 6.62.